The molecule has 0 unspecified atom stereocenters. The summed E-state index contributed by atoms with van der Waals surface area (Å²) in [6.07, 6.45) is 0.411. The molecule has 0 bridgehead atoms. The number of rotatable bonds is 5. The molecule has 2 aromatic carbocycles. The van der Waals surface area contributed by atoms with Crippen molar-refractivity contribution in [3.8, 4) is 11.5 Å². The fourth-order valence-corrected chi connectivity index (χ4v) is 2.45. The number of ether oxygens (including phenoxy) is 1. The fourth-order valence-electron chi connectivity index (χ4n) is 2.29. The number of hydrogen-bond acceptors (Lipinski definition) is 4. The van der Waals surface area contributed by atoms with Gasteiger partial charge in [-0.2, -0.15) is 5.10 Å². The van der Waals surface area contributed by atoms with Crippen molar-refractivity contribution >= 4 is 17.6 Å². The Morgan fingerprint density at radius 3 is 2.69 bits per heavy atom. The van der Waals surface area contributed by atoms with Crippen LogP contribution in [0.25, 0.3) is 0 Å². The number of nitrogens with zero attached hydrogens (tertiary/aromatic N) is 1. The SMILES string of the molecule is O=C(O)c1cc(F)cc(Oc2cc(Cc3ccc(=O)[nH]n3)ccc2Cl)c1. The monoisotopic (exact) mass is 374 g/mol. The minimum absolute atomic E-state index is 0.0172. The minimum atomic E-state index is -1.27. The van der Waals surface area contributed by atoms with Gasteiger partial charge in [0.15, 0.2) is 0 Å². The van der Waals surface area contributed by atoms with Crippen LogP contribution in [0.2, 0.25) is 5.02 Å². The van der Waals surface area contributed by atoms with Crippen LogP contribution in [0.4, 0.5) is 4.39 Å². The summed E-state index contributed by atoms with van der Waals surface area (Å²) < 4.78 is 19.1. The van der Waals surface area contributed by atoms with Gasteiger partial charge < -0.3 is 9.84 Å². The van der Waals surface area contributed by atoms with Crippen LogP contribution in [0.15, 0.2) is 53.3 Å². The highest BCUT2D eigenvalue weighted by molar-refractivity contribution is 6.32. The maximum Gasteiger partial charge on any atom is 0.335 e. The van der Waals surface area contributed by atoms with Gasteiger partial charge in [0.05, 0.1) is 16.3 Å². The van der Waals surface area contributed by atoms with Crippen LogP contribution in [-0.4, -0.2) is 21.3 Å². The van der Waals surface area contributed by atoms with E-state index in [4.69, 9.17) is 21.4 Å². The Bertz CT molecular complexity index is 1020. The van der Waals surface area contributed by atoms with Crippen LogP contribution in [0.3, 0.4) is 0 Å². The topological polar surface area (TPSA) is 92.3 Å². The van der Waals surface area contributed by atoms with E-state index in [1.165, 1.54) is 12.1 Å². The Kier molecular flexibility index (Phi) is 4.99. The Labute approximate surface area is 151 Å². The summed E-state index contributed by atoms with van der Waals surface area (Å²) in [6.45, 7) is 0. The molecular formula is C18H12ClFN2O4. The van der Waals surface area contributed by atoms with Crippen molar-refractivity contribution in [1.29, 1.82) is 0 Å². The number of nitrogens with one attached hydrogen (secondary N) is 1. The Balaban J connectivity index is 1.87. The molecule has 2 N–H and O–H groups in total. The van der Waals surface area contributed by atoms with E-state index in [1.807, 2.05) is 0 Å². The molecule has 8 heteroatoms. The highest BCUT2D eigenvalue weighted by Crippen LogP contribution is 2.31. The van der Waals surface area contributed by atoms with Crippen molar-refractivity contribution in [2.75, 3.05) is 0 Å². The lowest BCUT2D eigenvalue weighted by atomic mass is 10.1. The predicted molar refractivity (Wildman–Crippen MR) is 92.5 cm³/mol. The lowest BCUT2D eigenvalue weighted by Gasteiger charge is -2.10. The number of aromatic nitrogens is 2. The molecule has 3 rings (SSSR count). The molecule has 6 nitrogen and oxygen atoms in total. The third-order valence-electron chi connectivity index (χ3n) is 3.46. The van der Waals surface area contributed by atoms with E-state index in [0.29, 0.717) is 12.1 Å². The number of carboxylic acid groups (broad SMARTS) is 1. The molecule has 26 heavy (non-hydrogen) atoms. The smallest absolute Gasteiger partial charge is 0.335 e. The van der Waals surface area contributed by atoms with Gasteiger partial charge in [0.1, 0.15) is 17.3 Å². The second-order valence-electron chi connectivity index (χ2n) is 5.44. The van der Waals surface area contributed by atoms with Gasteiger partial charge in [0.2, 0.25) is 0 Å². The van der Waals surface area contributed by atoms with E-state index in [2.05, 4.69) is 10.2 Å². The van der Waals surface area contributed by atoms with Gasteiger partial charge in [-0.05, 0) is 35.9 Å². The molecule has 0 radical (unpaired) electrons. The second-order valence-corrected chi connectivity index (χ2v) is 5.84. The summed E-state index contributed by atoms with van der Waals surface area (Å²) in [4.78, 5) is 22.1. The van der Waals surface area contributed by atoms with Crippen LogP contribution in [0, 0.1) is 5.82 Å². The zero-order chi connectivity index (χ0) is 18.7. The first-order chi connectivity index (χ1) is 12.4. The van der Waals surface area contributed by atoms with Crippen molar-refractivity contribution in [3.05, 3.63) is 86.5 Å². The second kappa shape index (κ2) is 7.37. The molecule has 0 saturated carbocycles. The summed E-state index contributed by atoms with van der Waals surface area (Å²) in [5.74, 6) is -1.73. The van der Waals surface area contributed by atoms with E-state index in [1.54, 1.807) is 24.3 Å². The molecule has 1 aromatic heterocycles. The largest absolute Gasteiger partial charge is 0.478 e. The summed E-state index contributed by atoms with van der Waals surface area (Å²) in [5, 5.41) is 15.6. The minimum Gasteiger partial charge on any atom is -0.478 e. The average Bonchev–Trinajstić information content (AvgIpc) is 2.59. The van der Waals surface area contributed by atoms with E-state index in [9.17, 15) is 14.0 Å². The van der Waals surface area contributed by atoms with Gasteiger partial charge in [0.25, 0.3) is 5.56 Å². The third-order valence-corrected chi connectivity index (χ3v) is 3.78. The third kappa shape index (κ3) is 4.25. The molecule has 3 aromatic rings. The van der Waals surface area contributed by atoms with Gasteiger partial charge >= 0.3 is 5.97 Å². The lowest BCUT2D eigenvalue weighted by Crippen LogP contribution is -2.07. The Hall–Kier alpha value is -3.19. The number of aromatic amines is 1. The van der Waals surface area contributed by atoms with E-state index >= 15 is 0 Å². The van der Waals surface area contributed by atoms with Crippen molar-refractivity contribution in [2.24, 2.45) is 0 Å². The van der Waals surface area contributed by atoms with Crippen LogP contribution in [0.1, 0.15) is 21.6 Å². The summed E-state index contributed by atoms with van der Waals surface area (Å²) in [7, 11) is 0. The van der Waals surface area contributed by atoms with Crippen molar-refractivity contribution in [3.63, 3.8) is 0 Å². The number of hydrogen-bond donors (Lipinski definition) is 2. The first-order valence-corrected chi connectivity index (χ1v) is 7.83. The van der Waals surface area contributed by atoms with Crippen LogP contribution >= 0.6 is 11.6 Å². The quantitative estimate of drug-likeness (QED) is 0.711. The fraction of sp³-hybridized carbons (Fsp3) is 0.0556. The molecule has 0 aliphatic heterocycles. The van der Waals surface area contributed by atoms with Gasteiger partial charge in [-0.15, -0.1) is 0 Å². The molecule has 0 amide bonds. The van der Waals surface area contributed by atoms with Crippen molar-refractivity contribution < 1.29 is 19.0 Å². The van der Waals surface area contributed by atoms with Gasteiger partial charge in [0, 0.05) is 18.6 Å². The number of carboxylic acids is 1. The maximum atomic E-state index is 13.6. The van der Waals surface area contributed by atoms with Gasteiger partial charge in [-0.1, -0.05) is 17.7 Å². The lowest BCUT2D eigenvalue weighted by molar-refractivity contribution is 0.0696. The average molecular weight is 375 g/mol. The first-order valence-electron chi connectivity index (χ1n) is 7.45. The number of benzene rings is 2. The normalized spacial score (nSPS) is 10.5. The number of halogens is 2. The molecule has 0 aliphatic rings. The Morgan fingerprint density at radius 2 is 2.00 bits per heavy atom. The molecule has 0 saturated heterocycles. The molecule has 0 fully saturated rings. The molecular weight excluding hydrogens is 363 g/mol. The molecule has 132 valence electrons. The van der Waals surface area contributed by atoms with Gasteiger partial charge in [-0.25, -0.2) is 14.3 Å². The molecule has 1 heterocycles. The van der Waals surface area contributed by atoms with Crippen LogP contribution in [0.5, 0.6) is 11.5 Å². The molecule has 0 atom stereocenters. The molecule has 0 spiro atoms. The van der Waals surface area contributed by atoms with E-state index < -0.39 is 11.8 Å². The number of carbonyl (C=O) groups is 1. The van der Waals surface area contributed by atoms with E-state index in [0.717, 1.165) is 17.7 Å². The first kappa shape index (κ1) is 17.6. The summed E-state index contributed by atoms with van der Waals surface area (Å²) in [6, 6.07) is 11.1. The van der Waals surface area contributed by atoms with Crippen molar-refractivity contribution in [1.82, 2.24) is 10.2 Å². The zero-order valence-electron chi connectivity index (χ0n) is 13.2. The maximum absolute atomic E-state index is 13.6. The highest BCUT2D eigenvalue weighted by Gasteiger charge is 2.11. The van der Waals surface area contributed by atoms with E-state index in [-0.39, 0.29) is 27.6 Å². The predicted octanol–water partition coefficient (Wildman–Crippen LogP) is 3.64. The standard InChI is InChI=1S/C18H12ClFN2O4/c19-15-3-1-10(5-13-2-4-17(23)22-21-13)6-16(15)26-14-8-11(18(24)25)7-12(20)9-14/h1-4,6-9H,5H2,(H,22,23)(H,24,25). The Morgan fingerprint density at radius 1 is 1.19 bits per heavy atom. The summed E-state index contributed by atoms with van der Waals surface area (Å²) >= 11 is 6.11. The zero-order valence-corrected chi connectivity index (χ0v) is 14.0. The summed E-state index contributed by atoms with van der Waals surface area (Å²) in [5.41, 5.74) is 0.898. The number of aromatic carboxylic acids is 1. The number of H-pyrrole nitrogens is 1. The van der Waals surface area contributed by atoms with Gasteiger partial charge in [-0.3, -0.25) is 4.79 Å². The molecule has 0 aliphatic carbocycles. The highest BCUT2D eigenvalue weighted by atomic mass is 35.5. The van der Waals surface area contributed by atoms with Crippen LogP contribution < -0.4 is 10.3 Å². The van der Waals surface area contributed by atoms with Crippen molar-refractivity contribution in [2.45, 2.75) is 6.42 Å². The van der Waals surface area contributed by atoms with Crippen LogP contribution in [-0.2, 0) is 6.42 Å².